The molecule has 0 aliphatic rings. The maximum Gasteiger partial charge on any atom is 0.202 e. The SMILES string of the molecule is CCC(C)CC(C)Nc1nccn1CCCOC. The summed E-state index contributed by atoms with van der Waals surface area (Å²) in [4.78, 5) is 4.38. The number of methoxy groups -OCH3 is 1. The van der Waals surface area contributed by atoms with E-state index in [2.05, 4.69) is 35.6 Å². The maximum absolute atomic E-state index is 5.07. The van der Waals surface area contributed by atoms with Gasteiger partial charge in [-0.05, 0) is 25.7 Å². The van der Waals surface area contributed by atoms with Crippen LogP contribution in [0.1, 0.15) is 40.0 Å². The molecule has 0 amide bonds. The van der Waals surface area contributed by atoms with E-state index in [0.29, 0.717) is 6.04 Å². The van der Waals surface area contributed by atoms with Gasteiger partial charge in [-0.3, -0.25) is 0 Å². The summed E-state index contributed by atoms with van der Waals surface area (Å²) in [5.41, 5.74) is 0. The third-order valence-electron chi connectivity index (χ3n) is 3.29. The van der Waals surface area contributed by atoms with Crippen LogP contribution < -0.4 is 5.32 Å². The van der Waals surface area contributed by atoms with Gasteiger partial charge < -0.3 is 14.6 Å². The Kier molecular flexibility index (Phi) is 6.80. The lowest BCUT2D eigenvalue weighted by atomic mass is 10.0. The van der Waals surface area contributed by atoms with Gasteiger partial charge in [-0.15, -0.1) is 0 Å². The van der Waals surface area contributed by atoms with Crippen LogP contribution in [0.5, 0.6) is 0 Å². The number of aromatic nitrogens is 2. The van der Waals surface area contributed by atoms with Crippen molar-refractivity contribution in [3.05, 3.63) is 12.4 Å². The number of nitrogens with one attached hydrogen (secondary N) is 1. The van der Waals surface area contributed by atoms with Crippen LogP contribution >= 0.6 is 0 Å². The van der Waals surface area contributed by atoms with Crippen molar-refractivity contribution in [3.8, 4) is 0 Å². The lowest BCUT2D eigenvalue weighted by Gasteiger charge is -2.19. The van der Waals surface area contributed by atoms with Crippen LogP contribution in [0.25, 0.3) is 0 Å². The first-order valence-electron chi connectivity index (χ1n) is 6.94. The predicted molar refractivity (Wildman–Crippen MR) is 75.9 cm³/mol. The molecule has 0 spiro atoms. The van der Waals surface area contributed by atoms with E-state index >= 15 is 0 Å². The van der Waals surface area contributed by atoms with Crippen molar-refractivity contribution in [2.75, 3.05) is 19.0 Å². The highest BCUT2D eigenvalue weighted by Gasteiger charge is 2.10. The molecule has 104 valence electrons. The van der Waals surface area contributed by atoms with Crippen molar-refractivity contribution in [3.63, 3.8) is 0 Å². The number of ether oxygens (including phenoxy) is 1. The number of anilines is 1. The summed E-state index contributed by atoms with van der Waals surface area (Å²) < 4.78 is 7.23. The fourth-order valence-corrected chi connectivity index (χ4v) is 2.06. The van der Waals surface area contributed by atoms with Crippen LogP contribution in [0.3, 0.4) is 0 Å². The maximum atomic E-state index is 5.07. The topological polar surface area (TPSA) is 39.1 Å². The summed E-state index contributed by atoms with van der Waals surface area (Å²) in [6.45, 7) is 8.50. The molecule has 1 aromatic heterocycles. The molecule has 1 N–H and O–H groups in total. The number of hydrogen-bond donors (Lipinski definition) is 1. The highest BCUT2D eigenvalue weighted by Crippen LogP contribution is 2.14. The Hall–Kier alpha value is -1.03. The Balaban J connectivity index is 2.43. The van der Waals surface area contributed by atoms with Crippen molar-refractivity contribution < 1.29 is 4.74 Å². The molecule has 4 heteroatoms. The Morgan fingerprint density at radius 3 is 2.89 bits per heavy atom. The van der Waals surface area contributed by atoms with Gasteiger partial charge in [-0.1, -0.05) is 20.3 Å². The zero-order valence-electron chi connectivity index (χ0n) is 12.1. The van der Waals surface area contributed by atoms with Gasteiger partial charge in [0.25, 0.3) is 0 Å². The van der Waals surface area contributed by atoms with E-state index in [1.807, 2.05) is 12.4 Å². The second-order valence-corrected chi connectivity index (χ2v) is 5.09. The lowest BCUT2D eigenvalue weighted by Crippen LogP contribution is -2.21. The van der Waals surface area contributed by atoms with Gasteiger partial charge in [0.1, 0.15) is 0 Å². The Bertz CT molecular complexity index is 325. The standard InChI is InChI=1S/C14H27N3O/c1-5-12(2)11-13(3)16-14-15-7-9-17(14)8-6-10-18-4/h7,9,12-13H,5-6,8,10-11H2,1-4H3,(H,15,16). The van der Waals surface area contributed by atoms with Gasteiger partial charge in [0, 0.05) is 38.7 Å². The molecule has 18 heavy (non-hydrogen) atoms. The van der Waals surface area contributed by atoms with Gasteiger partial charge >= 0.3 is 0 Å². The zero-order valence-corrected chi connectivity index (χ0v) is 12.1. The van der Waals surface area contributed by atoms with Crippen LogP contribution in [0.15, 0.2) is 12.4 Å². The molecule has 2 unspecified atom stereocenters. The molecule has 1 heterocycles. The minimum atomic E-state index is 0.462. The van der Waals surface area contributed by atoms with Crippen LogP contribution in [-0.4, -0.2) is 29.3 Å². The molecular weight excluding hydrogens is 226 g/mol. The molecule has 0 aliphatic carbocycles. The van der Waals surface area contributed by atoms with Crippen molar-refractivity contribution in [1.29, 1.82) is 0 Å². The molecule has 0 saturated heterocycles. The fourth-order valence-electron chi connectivity index (χ4n) is 2.06. The van der Waals surface area contributed by atoms with Gasteiger partial charge in [0.05, 0.1) is 0 Å². The number of aryl methyl sites for hydroxylation is 1. The van der Waals surface area contributed by atoms with Gasteiger partial charge in [-0.2, -0.15) is 0 Å². The molecule has 1 rings (SSSR count). The first-order valence-corrected chi connectivity index (χ1v) is 6.94. The zero-order chi connectivity index (χ0) is 13.4. The minimum Gasteiger partial charge on any atom is -0.385 e. The van der Waals surface area contributed by atoms with Gasteiger partial charge in [0.2, 0.25) is 5.95 Å². The van der Waals surface area contributed by atoms with Crippen molar-refractivity contribution >= 4 is 5.95 Å². The van der Waals surface area contributed by atoms with Crippen molar-refractivity contribution in [1.82, 2.24) is 9.55 Å². The predicted octanol–water partition coefficient (Wildman–Crippen LogP) is 3.16. The smallest absolute Gasteiger partial charge is 0.202 e. The van der Waals surface area contributed by atoms with E-state index in [9.17, 15) is 0 Å². The third kappa shape index (κ3) is 5.08. The lowest BCUT2D eigenvalue weighted by molar-refractivity contribution is 0.190. The average molecular weight is 253 g/mol. The van der Waals surface area contributed by atoms with Gasteiger partial charge in [-0.25, -0.2) is 4.98 Å². The van der Waals surface area contributed by atoms with Crippen molar-refractivity contribution in [2.24, 2.45) is 5.92 Å². The largest absolute Gasteiger partial charge is 0.385 e. The van der Waals surface area contributed by atoms with E-state index in [1.54, 1.807) is 7.11 Å². The first kappa shape index (κ1) is 15.0. The third-order valence-corrected chi connectivity index (χ3v) is 3.29. The van der Waals surface area contributed by atoms with E-state index in [1.165, 1.54) is 12.8 Å². The summed E-state index contributed by atoms with van der Waals surface area (Å²) in [5, 5.41) is 3.49. The second-order valence-electron chi connectivity index (χ2n) is 5.09. The van der Waals surface area contributed by atoms with E-state index < -0.39 is 0 Å². The summed E-state index contributed by atoms with van der Waals surface area (Å²) in [5.74, 6) is 1.73. The Morgan fingerprint density at radius 2 is 2.22 bits per heavy atom. The molecule has 0 fully saturated rings. The molecule has 4 nitrogen and oxygen atoms in total. The fraction of sp³-hybridized carbons (Fsp3) is 0.786. The average Bonchev–Trinajstić information content (AvgIpc) is 2.76. The summed E-state index contributed by atoms with van der Waals surface area (Å²) in [7, 11) is 1.74. The second kappa shape index (κ2) is 8.14. The highest BCUT2D eigenvalue weighted by atomic mass is 16.5. The molecule has 0 radical (unpaired) electrons. The van der Waals surface area contributed by atoms with E-state index in [-0.39, 0.29) is 0 Å². The van der Waals surface area contributed by atoms with Crippen LogP contribution in [0.4, 0.5) is 5.95 Å². The highest BCUT2D eigenvalue weighted by molar-refractivity contribution is 5.27. The molecule has 0 aliphatic heterocycles. The van der Waals surface area contributed by atoms with Crippen LogP contribution in [0, 0.1) is 5.92 Å². The monoisotopic (exact) mass is 253 g/mol. The molecule has 2 atom stereocenters. The number of nitrogens with zero attached hydrogens (tertiary/aromatic N) is 2. The van der Waals surface area contributed by atoms with Gasteiger partial charge in [0.15, 0.2) is 0 Å². The number of imidazole rings is 1. The normalized spacial score (nSPS) is 14.4. The summed E-state index contributed by atoms with van der Waals surface area (Å²) in [6.07, 6.45) is 7.30. The Labute approximate surface area is 111 Å². The molecular formula is C14H27N3O. The Morgan fingerprint density at radius 1 is 1.44 bits per heavy atom. The van der Waals surface area contributed by atoms with E-state index in [4.69, 9.17) is 4.74 Å². The molecule has 0 bridgehead atoms. The summed E-state index contributed by atoms with van der Waals surface area (Å²) >= 11 is 0. The molecule has 0 saturated carbocycles. The first-order chi connectivity index (χ1) is 8.67. The number of hydrogen-bond acceptors (Lipinski definition) is 3. The molecule has 1 aromatic rings. The van der Waals surface area contributed by atoms with Crippen molar-refractivity contribution in [2.45, 2.75) is 52.6 Å². The summed E-state index contributed by atoms with van der Waals surface area (Å²) in [6, 6.07) is 0.462. The van der Waals surface area contributed by atoms with Crippen LogP contribution in [0.2, 0.25) is 0 Å². The molecule has 0 aromatic carbocycles. The minimum absolute atomic E-state index is 0.462. The number of rotatable bonds is 9. The van der Waals surface area contributed by atoms with Crippen LogP contribution in [-0.2, 0) is 11.3 Å². The quantitative estimate of drug-likeness (QED) is 0.687. The van der Waals surface area contributed by atoms with E-state index in [0.717, 1.165) is 31.4 Å².